The highest BCUT2D eigenvalue weighted by atomic mass is 32.2. The lowest BCUT2D eigenvalue weighted by Gasteiger charge is -2.10. The summed E-state index contributed by atoms with van der Waals surface area (Å²) in [5, 5.41) is 8.08. The van der Waals surface area contributed by atoms with Crippen molar-refractivity contribution in [1.29, 1.82) is 0 Å². The van der Waals surface area contributed by atoms with Gasteiger partial charge in [0.05, 0.1) is 11.9 Å². The van der Waals surface area contributed by atoms with Crippen LogP contribution in [0.25, 0.3) is 0 Å². The first-order valence-electron chi connectivity index (χ1n) is 7.42. The maximum Gasteiger partial charge on any atom is 0.313 e. The fourth-order valence-corrected chi connectivity index (χ4v) is 2.91. The van der Waals surface area contributed by atoms with Crippen LogP contribution in [0.1, 0.15) is 30.0 Å². The van der Waals surface area contributed by atoms with Gasteiger partial charge < -0.3 is 9.30 Å². The molecule has 0 fully saturated rings. The van der Waals surface area contributed by atoms with Gasteiger partial charge in [0.1, 0.15) is 18.1 Å². The summed E-state index contributed by atoms with van der Waals surface area (Å²) in [5.41, 5.74) is 0.435. The standard InChI is InChI=1S/C16H18FN3O3S/c1-4-23-14(21)9-13-18-19-16(20(13)3)24-10(2)15(22)11-5-7-12(17)8-6-11/h5-8,10H,4,9H2,1-3H3/t10-/m0/s1. The number of rotatable bonds is 7. The molecule has 1 heterocycles. The highest BCUT2D eigenvalue weighted by Gasteiger charge is 2.21. The average Bonchev–Trinajstić information content (AvgIpc) is 2.88. The van der Waals surface area contributed by atoms with Crippen molar-refractivity contribution >= 4 is 23.5 Å². The molecule has 0 saturated heterocycles. The second-order valence-corrected chi connectivity index (χ2v) is 6.38. The largest absolute Gasteiger partial charge is 0.466 e. The molecular weight excluding hydrogens is 333 g/mol. The number of Topliss-reactive ketones (excluding diaryl/α,β-unsaturated/α-hetero) is 1. The van der Waals surface area contributed by atoms with E-state index in [1.807, 2.05) is 0 Å². The van der Waals surface area contributed by atoms with Gasteiger partial charge in [-0.05, 0) is 38.1 Å². The molecule has 8 heteroatoms. The molecule has 2 rings (SSSR count). The number of carbonyl (C=O) groups is 2. The third-order valence-corrected chi connectivity index (χ3v) is 4.45. The molecule has 0 saturated carbocycles. The Morgan fingerprint density at radius 3 is 2.58 bits per heavy atom. The lowest BCUT2D eigenvalue weighted by Crippen LogP contribution is -2.15. The molecule has 6 nitrogen and oxygen atoms in total. The number of benzene rings is 1. The predicted octanol–water partition coefficient (Wildman–Crippen LogP) is 2.42. The zero-order chi connectivity index (χ0) is 17.7. The molecule has 0 radical (unpaired) electrons. The maximum absolute atomic E-state index is 12.9. The van der Waals surface area contributed by atoms with Crippen LogP contribution in [-0.4, -0.2) is 38.4 Å². The summed E-state index contributed by atoms with van der Waals surface area (Å²) in [6.07, 6.45) is 0.0260. The Hall–Kier alpha value is -2.22. The third kappa shape index (κ3) is 4.41. The number of esters is 1. The van der Waals surface area contributed by atoms with Gasteiger partial charge in [-0.25, -0.2) is 4.39 Å². The summed E-state index contributed by atoms with van der Waals surface area (Å²) in [6, 6.07) is 5.42. The van der Waals surface area contributed by atoms with E-state index >= 15 is 0 Å². The molecule has 0 amide bonds. The van der Waals surface area contributed by atoms with Gasteiger partial charge in [-0.15, -0.1) is 10.2 Å². The zero-order valence-electron chi connectivity index (χ0n) is 13.7. The van der Waals surface area contributed by atoms with Gasteiger partial charge in [-0.2, -0.15) is 0 Å². The Morgan fingerprint density at radius 2 is 1.96 bits per heavy atom. The van der Waals surface area contributed by atoms with Crippen molar-refractivity contribution in [3.8, 4) is 0 Å². The second-order valence-electron chi connectivity index (χ2n) is 5.07. The van der Waals surface area contributed by atoms with Crippen molar-refractivity contribution in [3.05, 3.63) is 41.5 Å². The van der Waals surface area contributed by atoms with Gasteiger partial charge >= 0.3 is 5.97 Å². The van der Waals surface area contributed by atoms with Gasteiger partial charge in [-0.1, -0.05) is 11.8 Å². The highest BCUT2D eigenvalue weighted by Crippen LogP contribution is 2.24. The predicted molar refractivity (Wildman–Crippen MR) is 87.4 cm³/mol. The van der Waals surface area contributed by atoms with Crippen LogP contribution >= 0.6 is 11.8 Å². The molecule has 1 atom stereocenters. The van der Waals surface area contributed by atoms with E-state index in [1.165, 1.54) is 36.0 Å². The number of carbonyl (C=O) groups excluding carboxylic acids is 2. The topological polar surface area (TPSA) is 74.1 Å². The van der Waals surface area contributed by atoms with Crippen LogP contribution in [0.3, 0.4) is 0 Å². The van der Waals surface area contributed by atoms with Gasteiger partial charge in [0.25, 0.3) is 0 Å². The fourth-order valence-electron chi connectivity index (χ4n) is 2.00. The molecule has 24 heavy (non-hydrogen) atoms. The van der Waals surface area contributed by atoms with Crippen molar-refractivity contribution in [2.75, 3.05) is 6.61 Å². The average molecular weight is 351 g/mol. The van der Waals surface area contributed by atoms with E-state index in [-0.39, 0.29) is 24.0 Å². The minimum atomic E-state index is -0.422. The van der Waals surface area contributed by atoms with E-state index in [9.17, 15) is 14.0 Å². The number of hydrogen-bond acceptors (Lipinski definition) is 6. The number of aromatic nitrogens is 3. The number of ketones is 1. The van der Waals surface area contributed by atoms with Crippen LogP contribution in [0.4, 0.5) is 4.39 Å². The normalized spacial score (nSPS) is 12.0. The summed E-state index contributed by atoms with van der Waals surface area (Å²) in [4.78, 5) is 23.9. The Morgan fingerprint density at radius 1 is 1.29 bits per heavy atom. The number of ether oxygens (including phenoxy) is 1. The van der Waals surface area contributed by atoms with Crippen LogP contribution < -0.4 is 0 Å². The van der Waals surface area contributed by atoms with Crippen molar-refractivity contribution in [1.82, 2.24) is 14.8 Å². The first-order chi connectivity index (χ1) is 11.4. The maximum atomic E-state index is 12.9. The lowest BCUT2D eigenvalue weighted by atomic mass is 10.1. The number of nitrogens with zero attached hydrogens (tertiary/aromatic N) is 3. The number of thioether (sulfide) groups is 1. The quantitative estimate of drug-likeness (QED) is 0.433. The molecule has 1 aromatic carbocycles. The molecule has 128 valence electrons. The molecule has 0 aliphatic rings. The van der Waals surface area contributed by atoms with Crippen LogP contribution in [0.5, 0.6) is 0 Å². The highest BCUT2D eigenvalue weighted by molar-refractivity contribution is 8.00. The van der Waals surface area contributed by atoms with Gasteiger partial charge in [0.2, 0.25) is 0 Å². The number of hydrogen-bond donors (Lipinski definition) is 0. The van der Waals surface area contributed by atoms with E-state index in [2.05, 4.69) is 10.2 Å². The first kappa shape index (κ1) is 18.1. The van der Waals surface area contributed by atoms with E-state index in [0.717, 1.165) is 0 Å². The molecule has 1 aromatic heterocycles. The Labute approximate surface area is 143 Å². The molecule has 0 bridgehead atoms. The minimum Gasteiger partial charge on any atom is -0.466 e. The summed E-state index contributed by atoms with van der Waals surface area (Å²) in [6.45, 7) is 3.79. The smallest absolute Gasteiger partial charge is 0.313 e. The Kier molecular flexibility index (Phi) is 6.08. The van der Waals surface area contributed by atoms with Crippen molar-refractivity contribution in [2.24, 2.45) is 7.05 Å². The zero-order valence-corrected chi connectivity index (χ0v) is 14.5. The molecule has 0 N–H and O–H groups in total. The monoisotopic (exact) mass is 351 g/mol. The molecule has 0 aliphatic heterocycles. The van der Waals surface area contributed by atoms with Gasteiger partial charge in [-0.3, -0.25) is 9.59 Å². The summed E-state index contributed by atoms with van der Waals surface area (Å²) in [5.74, 6) is -0.420. The van der Waals surface area contributed by atoms with E-state index in [0.29, 0.717) is 23.2 Å². The van der Waals surface area contributed by atoms with Crippen LogP contribution in [-0.2, 0) is 23.0 Å². The van der Waals surface area contributed by atoms with Crippen molar-refractivity contribution < 1.29 is 18.7 Å². The molecule has 2 aromatic rings. The van der Waals surface area contributed by atoms with Crippen LogP contribution in [0, 0.1) is 5.82 Å². The third-order valence-electron chi connectivity index (χ3n) is 3.31. The van der Waals surface area contributed by atoms with Crippen LogP contribution in [0.2, 0.25) is 0 Å². The summed E-state index contributed by atoms with van der Waals surface area (Å²) < 4.78 is 19.5. The summed E-state index contributed by atoms with van der Waals surface area (Å²) >= 11 is 1.23. The van der Waals surface area contributed by atoms with Crippen molar-refractivity contribution in [2.45, 2.75) is 30.7 Å². The minimum absolute atomic E-state index is 0.0260. The van der Waals surface area contributed by atoms with Crippen molar-refractivity contribution in [3.63, 3.8) is 0 Å². The number of halogens is 1. The Bertz CT molecular complexity index is 731. The van der Waals surface area contributed by atoms with E-state index in [1.54, 1.807) is 25.5 Å². The van der Waals surface area contributed by atoms with E-state index in [4.69, 9.17) is 4.74 Å². The first-order valence-corrected chi connectivity index (χ1v) is 8.30. The molecule has 0 spiro atoms. The molecular formula is C16H18FN3O3S. The lowest BCUT2D eigenvalue weighted by molar-refractivity contribution is -0.142. The Balaban J connectivity index is 2.05. The SMILES string of the molecule is CCOC(=O)Cc1nnc(S[C@@H](C)C(=O)c2ccc(F)cc2)n1C. The van der Waals surface area contributed by atoms with Crippen LogP contribution in [0.15, 0.2) is 29.4 Å². The summed E-state index contributed by atoms with van der Waals surface area (Å²) in [7, 11) is 1.73. The van der Waals surface area contributed by atoms with Gasteiger partial charge in [0, 0.05) is 12.6 Å². The molecule has 0 unspecified atom stereocenters. The second kappa shape index (κ2) is 8.05. The fraction of sp³-hybridized carbons (Fsp3) is 0.375. The molecule has 0 aliphatic carbocycles. The van der Waals surface area contributed by atoms with E-state index < -0.39 is 5.25 Å². The van der Waals surface area contributed by atoms with Gasteiger partial charge in [0.15, 0.2) is 10.9 Å².